The molecular weight excluding hydrogens is 304 g/mol. The van der Waals surface area contributed by atoms with Crippen molar-refractivity contribution in [3.63, 3.8) is 0 Å². The van der Waals surface area contributed by atoms with Crippen LogP contribution < -0.4 is 20.1 Å². The lowest BCUT2D eigenvalue weighted by Crippen LogP contribution is -2.44. The first-order valence-corrected chi connectivity index (χ1v) is 9.08. The summed E-state index contributed by atoms with van der Waals surface area (Å²) in [6, 6.07) is 5.78. The highest BCUT2D eigenvalue weighted by atomic mass is 16.5. The molecule has 0 saturated heterocycles. The molecule has 1 aliphatic carbocycles. The van der Waals surface area contributed by atoms with Crippen molar-refractivity contribution in [3.05, 3.63) is 18.2 Å². The quantitative estimate of drug-likeness (QED) is 0.888. The SMILES string of the molecule is CC1CCC(NC(=O)C(C)Nc2ccc3c(c2)OCCCO3)CC1. The average molecular weight is 332 g/mol. The first kappa shape index (κ1) is 16.9. The number of hydrogen-bond donors (Lipinski definition) is 2. The Morgan fingerprint density at radius 3 is 2.58 bits per heavy atom. The van der Waals surface area contributed by atoms with Crippen molar-refractivity contribution >= 4 is 11.6 Å². The van der Waals surface area contributed by atoms with Gasteiger partial charge in [0.25, 0.3) is 0 Å². The maximum absolute atomic E-state index is 12.4. The molecular formula is C19H28N2O3. The van der Waals surface area contributed by atoms with Crippen LogP contribution in [0.3, 0.4) is 0 Å². The van der Waals surface area contributed by atoms with E-state index >= 15 is 0 Å². The molecule has 5 nitrogen and oxygen atoms in total. The summed E-state index contributed by atoms with van der Waals surface area (Å²) >= 11 is 0. The number of hydrogen-bond acceptors (Lipinski definition) is 4. The highest BCUT2D eigenvalue weighted by molar-refractivity contribution is 5.84. The predicted octanol–water partition coefficient (Wildman–Crippen LogP) is 3.34. The molecule has 2 aliphatic rings. The van der Waals surface area contributed by atoms with Crippen molar-refractivity contribution in [1.29, 1.82) is 0 Å². The van der Waals surface area contributed by atoms with Crippen molar-refractivity contribution in [3.8, 4) is 11.5 Å². The van der Waals surface area contributed by atoms with Crippen LogP contribution in [0, 0.1) is 5.92 Å². The van der Waals surface area contributed by atoms with Crippen molar-refractivity contribution in [2.45, 2.75) is 58.0 Å². The van der Waals surface area contributed by atoms with Gasteiger partial charge in [0.1, 0.15) is 6.04 Å². The first-order valence-electron chi connectivity index (χ1n) is 9.08. The van der Waals surface area contributed by atoms with Crippen molar-refractivity contribution in [2.24, 2.45) is 5.92 Å². The van der Waals surface area contributed by atoms with E-state index in [0.717, 1.165) is 42.4 Å². The van der Waals surface area contributed by atoms with Gasteiger partial charge in [-0.15, -0.1) is 0 Å². The van der Waals surface area contributed by atoms with Crippen molar-refractivity contribution in [1.82, 2.24) is 5.32 Å². The summed E-state index contributed by atoms with van der Waals surface area (Å²) in [5.41, 5.74) is 0.874. The number of carbonyl (C=O) groups is 1. The van der Waals surface area contributed by atoms with E-state index in [-0.39, 0.29) is 11.9 Å². The summed E-state index contributed by atoms with van der Waals surface area (Å²) in [4.78, 5) is 12.4. The molecule has 0 spiro atoms. The molecule has 1 aromatic rings. The van der Waals surface area contributed by atoms with Crippen LogP contribution in [-0.4, -0.2) is 31.2 Å². The van der Waals surface area contributed by atoms with E-state index in [1.165, 1.54) is 12.8 Å². The fraction of sp³-hybridized carbons (Fsp3) is 0.632. The van der Waals surface area contributed by atoms with Gasteiger partial charge in [0.15, 0.2) is 11.5 Å². The topological polar surface area (TPSA) is 59.6 Å². The van der Waals surface area contributed by atoms with Gasteiger partial charge in [0.05, 0.1) is 13.2 Å². The zero-order chi connectivity index (χ0) is 16.9. The largest absolute Gasteiger partial charge is 0.490 e. The maximum Gasteiger partial charge on any atom is 0.242 e. The minimum absolute atomic E-state index is 0.0571. The van der Waals surface area contributed by atoms with Crippen LogP contribution in [0.25, 0.3) is 0 Å². The Bertz CT molecular complexity index is 568. The summed E-state index contributed by atoms with van der Waals surface area (Å²) in [7, 11) is 0. The average Bonchev–Trinajstić information content (AvgIpc) is 2.81. The van der Waals surface area contributed by atoms with Crippen LogP contribution in [0.4, 0.5) is 5.69 Å². The third-order valence-corrected chi connectivity index (χ3v) is 4.89. The highest BCUT2D eigenvalue weighted by Crippen LogP contribution is 2.32. The van der Waals surface area contributed by atoms with Gasteiger partial charge in [0, 0.05) is 24.2 Å². The summed E-state index contributed by atoms with van der Waals surface area (Å²) in [6.07, 6.45) is 5.47. The number of rotatable bonds is 4. The minimum Gasteiger partial charge on any atom is -0.490 e. The fourth-order valence-corrected chi connectivity index (χ4v) is 3.30. The monoisotopic (exact) mass is 332 g/mol. The summed E-state index contributed by atoms with van der Waals surface area (Å²) in [5, 5.41) is 6.44. The van der Waals surface area contributed by atoms with Gasteiger partial charge >= 0.3 is 0 Å². The summed E-state index contributed by atoms with van der Waals surface area (Å²) < 4.78 is 11.3. The highest BCUT2D eigenvalue weighted by Gasteiger charge is 2.22. The number of fused-ring (bicyclic) bond motifs is 1. The molecule has 1 heterocycles. The van der Waals surface area contributed by atoms with Gasteiger partial charge < -0.3 is 20.1 Å². The van der Waals surface area contributed by atoms with Gasteiger partial charge in [-0.1, -0.05) is 6.92 Å². The van der Waals surface area contributed by atoms with Crippen LogP contribution >= 0.6 is 0 Å². The van der Waals surface area contributed by atoms with E-state index < -0.39 is 0 Å². The fourth-order valence-electron chi connectivity index (χ4n) is 3.30. The number of benzene rings is 1. The standard InChI is InChI=1S/C19H28N2O3/c1-13-4-6-15(7-5-13)21-19(22)14(2)20-16-8-9-17-18(12-16)24-11-3-10-23-17/h8-9,12-15,20H,3-7,10-11H2,1-2H3,(H,21,22). The van der Waals surface area contributed by atoms with E-state index in [0.29, 0.717) is 19.3 Å². The van der Waals surface area contributed by atoms with Gasteiger partial charge in [-0.25, -0.2) is 0 Å². The van der Waals surface area contributed by atoms with Gasteiger partial charge in [-0.05, 0) is 50.7 Å². The zero-order valence-electron chi connectivity index (χ0n) is 14.6. The smallest absolute Gasteiger partial charge is 0.242 e. The molecule has 0 radical (unpaired) electrons. The molecule has 2 N–H and O–H groups in total. The summed E-state index contributed by atoms with van der Waals surface area (Å²) in [5.74, 6) is 2.36. The molecule has 1 fully saturated rings. The van der Waals surface area contributed by atoms with Crippen LogP contribution in [0.5, 0.6) is 11.5 Å². The second-order valence-electron chi connectivity index (χ2n) is 7.04. The van der Waals surface area contributed by atoms with E-state index in [1.54, 1.807) is 0 Å². The molecule has 1 atom stereocenters. The maximum atomic E-state index is 12.4. The molecule has 24 heavy (non-hydrogen) atoms. The third kappa shape index (κ3) is 4.34. The molecule has 0 bridgehead atoms. The number of nitrogens with one attached hydrogen (secondary N) is 2. The molecule has 1 aliphatic heterocycles. The Morgan fingerprint density at radius 2 is 1.83 bits per heavy atom. The molecule has 1 amide bonds. The Hall–Kier alpha value is -1.91. The first-order chi connectivity index (χ1) is 11.6. The predicted molar refractivity (Wildman–Crippen MR) is 94.7 cm³/mol. The number of ether oxygens (including phenoxy) is 2. The molecule has 5 heteroatoms. The molecule has 1 saturated carbocycles. The number of anilines is 1. The van der Waals surface area contributed by atoms with Crippen molar-refractivity contribution < 1.29 is 14.3 Å². The number of carbonyl (C=O) groups excluding carboxylic acids is 1. The van der Waals surface area contributed by atoms with E-state index in [2.05, 4.69) is 17.6 Å². The molecule has 132 valence electrons. The van der Waals surface area contributed by atoms with E-state index in [1.807, 2.05) is 25.1 Å². The van der Waals surface area contributed by atoms with Gasteiger partial charge in [0.2, 0.25) is 5.91 Å². The zero-order valence-corrected chi connectivity index (χ0v) is 14.6. The van der Waals surface area contributed by atoms with Crippen LogP contribution in [-0.2, 0) is 4.79 Å². The Labute approximate surface area is 144 Å². The Morgan fingerprint density at radius 1 is 1.12 bits per heavy atom. The van der Waals surface area contributed by atoms with E-state index in [4.69, 9.17) is 9.47 Å². The van der Waals surface area contributed by atoms with E-state index in [9.17, 15) is 4.79 Å². The van der Waals surface area contributed by atoms with Crippen LogP contribution in [0.1, 0.15) is 46.0 Å². The second kappa shape index (κ2) is 7.77. The summed E-state index contributed by atoms with van der Waals surface area (Å²) in [6.45, 7) is 5.52. The second-order valence-corrected chi connectivity index (χ2v) is 7.04. The molecule has 1 aromatic carbocycles. The molecule has 3 rings (SSSR count). The number of amides is 1. The van der Waals surface area contributed by atoms with Gasteiger partial charge in [-0.3, -0.25) is 4.79 Å². The lowest BCUT2D eigenvalue weighted by Gasteiger charge is -2.28. The minimum atomic E-state index is -0.283. The molecule has 0 aromatic heterocycles. The van der Waals surface area contributed by atoms with Crippen molar-refractivity contribution in [2.75, 3.05) is 18.5 Å². The lowest BCUT2D eigenvalue weighted by molar-refractivity contribution is -0.122. The van der Waals surface area contributed by atoms with Gasteiger partial charge in [-0.2, -0.15) is 0 Å². The van der Waals surface area contributed by atoms with Crippen LogP contribution in [0.2, 0.25) is 0 Å². The molecule has 1 unspecified atom stereocenters. The Kier molecular flexibility index (Phi) is 5.48. The third-order valence-electron chi connectivity index (χ3n) is 4.89. The normalized spacial score (nSPS) is 24.6. The Balaban J connectivity index is 1.55. The van der Waals surface area contributed by atoms with Crippen LogP contribution in [0.15, 0.2) is 18.2 Å². The lowest BCUT2D eigenvalue weighted by atomic mass is 9.87.